The number of hydrogen-bond donors (Lipinski definition) is 1. The van der Waals surface area contributed by atoms with Gasteiger partial charge >= 0.3 is 0 Å². The summed E-state index contributed by atoms with van der Waals surface area (Å²) in [6, 6.07) is 9.64. The number of benzene rings is 1. The Hall–Kier alpha value is -2.30. The van der Waals surface area contributed by atoms with Crippen LogP contribution in [0.4, 0.5) is 17.5 Å². The lowest BCUT2D eigenvalue weighted by Crippen LogP contribution is -2.13. The zero-order valence-electron chi connectivity index (χ0n) is 10.7. The smallest absolute Gasteiger partial charge is 0.222 e. The Morgan fingerprint density at radius 1 is 1.22 bits per heavy atom. The molecule has 18 heavy (non-hydrogen) atoms. The van der Waals surface area contributed by atoms with Crippen LogP contribution in [0.15, 0.2) is 30.3 Å². The third-order valence-electron chi connectivity index (χ3n) is 2.64. The van der Waals surface area contributed by atoms with E-state index in [1.54, 1.807) is 7.11 Å². The van der Waals surface area contributed by atoms with Crippen molar-refractivity contribution in [1.82, 2.24) is 9.97 Å². The summed E-state index contributed by atoms with van der Waals surface area (Å²) in [6.07, 6.45) is 0. The molecule has 5 nitrogen and oxygen atoms in total. The highest BCUT2D eigenvalue weighted by molar-refractivity contribution is 5.61. The molecule has 0 aliphatic carbocycles. The molecular weight excluding hydrogens is 228 g/mol. The summed E-state index contributed by atoms with van der Waals surface area (Å²) < 4.78 is 5.20. The number of ether oxygens (including phenoxy) is 1. The Balaban J connectivity index is 2.37. The van der Waals surface area contributed by atoms with E-state index in [0.29, 0.717) is 0 Å². The van der Waals surface area contributed by atoms with Crippen molar-refractivity contribution in [3.8, 4) is 5.75 Å². The number of anilines is 3. The van der Waals surface area contributed by atoms with Gasteiger partial charge in [-0.3, -0.25) is 0 Å². The molecule has 1 heterocycles. The van der Waals surface area contributed by atoms with Crippen molar-refractivity contribution >= 4 is 17.5 Å². The second kappa shape index (κ2) is 4.91. The fraction of sp³-hybridized carbons (Fsp3) is 0.231. The van der Waals surface area contributed by atoms with Crippen molar-refractivity contribution in [1.29, 1.82) is 0 Å². The van der Waals surface area contributed by atoms with Crippen molar-refractivity contribution in [2.75, 3.05) is 24.8 Å². The Morgan fingerprint density at radius 2 is 2.00 bits per heavy atom. The highest BCUT2D eigenvalue weighted by Gasteiger charge is 2.08. The predicted octanol–water partition coefficient (Wildman–Crippen LogP) is 2.14. The summed E-state index contributed by atoms with van der Waals surface area (Å²) in [4.78, 5) is 10.2. The minimum atomic E-state index is 0.278. The summed E-state index contributed by atoms with van der Waals surface area (Å²) in [5.41, 5.74) is 7.48. The second-order valence-corrected chi connectivity index (χ2v) is 3.99. The van der Waals surface area contributed by atoms with E-state index in [-0.39, 0.29) is 5.95 Å². The van der Waals surface area contributed by atoms with Gasteiger partial charge in [0.1, 0.15) is 11.6 Å². The first-order valence-corrected chi connectivity index (χ1v) is 5.59. The monoisotopic (exact) mass is 244 g/mol. The summed E-state index contributed by atoms with van der Waals surface area (Å²) in [7, 11) is 3.57. The molecule has 5 heteroatoms. The molecule has 2 N–H and O–H groups in total. The van der Waals surface area contributed by atoms with Crippen molar-refractivity contribution in [3.05, 3.63) is 36.0 Å². The maximum atomic E-state index is 5.66. The Kier molecular flexibility index (Phi) is 3.32. The normalized spacial score (nSPS) is 10.2. The minimum absolute atomic E-state index is 0.278. The molecule has 0 saturated heterocycles. The molecule has 1 aromatic carbocycles. The van der Waals surface area contributed by atoms with Gasteiger partial charge in [-0.25, -0.2) is 4.98 Å². The third-order valence-corrected chi connectivity index (χ3v) is 2.64. The lowest BCUT2D eigenvalue weighted by Gasteiger charge is -2.19. The van der Waals surface area contributed by atoms with Crippen LogP contribution in [0.1, 0.15) is 5.69 Å². The maximum absolute atomic E-state index is 5.66. The topological polar surface area (TPSA) is 64.3 Å². The average Bonchev–Trinajstić information content (AvgIpc) is 2.37. The number of methoxy groups -OCH3 is 1. The summed E-state index contributed by atoms with van der Waals surface area (Å²) in [6.45, 7) is 1.89. The SMILES string of the molecule is COc1cccc(N(C)c2cc(C)nc(N)n2)c1. The highest BCUT2D eigenvalue weighted by Crippen LogP contribution is 2.25. The number of hydrogen-bond acceptors (Lipinski definition) is 5. The fourth-order valence-electron chi connectivity index (χ4n) is 1.70. The van der Waals surface area contributed by atoms with Crippen LogP contribution in [-0.4, -0.2) is 24.1 Å². The summed E-state index contributed by atoms with van der Waals surface area (Å²) in [5.74, 6) is 1.84. The van der Waals surface area contributed by atoms with Gasteiger partial charge in [-0.2, -0.15) is 4.98 Å². The predicted molar refractivity (Wildman–Crippen MR) is 72.2 cm³/mol. The van der Waals surface area contributed by atoms with Crippen LogP contribution in [-0.2, 0) is 0 Å². The van der Waals surface area contributed by atoms with Crippen LogP contribution in [0, 0.1) is 6.92 Å². The van der Waals surface area contributed by atoms with E-state index in [1.165, 1.54) is 0 Å². The quantitative estimate of drug-likeness (QED) is 0.896. The first kappa shape index (κ1) is 12.2. The molecule has 1 aromatic heterocycles. The maximum Gasteiger partial charge on any atom is 0.222 e. The van der Waals surface area contributed by atoms with Gasteiger partial charge < -0.3 is 15.4 Å². The molecule has 0 unspecified atom stereocenters. The first-order valence-electron chi connectivity index (χ1n) is 5.59. The molecule has 0 spiro atoms. The van der Waals surface area contributed by atoms with Crippen LogP contribution >= 0.6 is 0 Å². The summed E-state index contributed by atoms with van der Waals surface area (Å²) >= 11 is 0. The molecule has 2 rings (SSSR count). The molecule has 0 aliphatic heterocycles. The van der Waals surface area contributed by atoms with Gasteiger partial charge in [-0.15, -0.1) is 0 Å². The van der Waals surface area contributed by atoms with Gasteiger partial charge in [0.25, 0.3) is 0 Å². The Bertz CT molecular complexity index is 536. The van der Waals surface area contributed by atoms with E-state index in [2.05, 4.69) is 9.97 Å². The van der Waals surface area contributed by atoms with Crippen LogP contribution < -0.4 is 15.4 Å². The van der Waals surface area contributed by atoms with E-state index in [0.717, 1.165) is 22.9 Å². The first-order chi connectivity index (χ1) is 8.60. The van der Waals surface area contributed by atoms with Gasteiger partial charge in [0, 0.05) is 30.6 Å². The fourth-order valence-corrected chi connectivity index (χ4v) is 1.70. The van der Waals surface area contributed by atoms with Crippen molar-refractivity contribution < 1.29 is 4.74 Å². The van der Waals surface area contributed by atoms with E-state index >= 15 is 0 Å². The van der Waals surface area contributed by atoms with E-state index < -0.39 is 0 Å². The van der Waals surface area contributed by atoms with E-state index in [4.69, 9.17) is 10.5 Å². The highest BCUT2D eigenvalue weighted by atomic mass is 16.5. The van der Waals surface area contributed by atoms with Gasteiger partial charge in [0.2, 0.25) is 5.95 Å². The van der Waals surface area contributed by atoms with Crippen LogP contribution in [0.2, 0.25) is 0 Å². The molecule has 0 bridgehead atoms. The van der Waals surface area contributed by atoms with E-state index in [1.807, 2.05) is 49.2 Å². The Morgan fingerprint density at radius 3 is 2.67 bits per heavy atom. The van der Waals surface area contributed by atoms with Crippen LogP contribution in [0.5, 0.6) is 5.75 Å². The second-order valence-electron chi connectivity index (χ2n) is 3.99. The number of aryl methyl sites for hydroxylation is 1. The lowest BCUT2D eigenvalue weighted by atomic mass is 10.2. The standard InChI is InChI=1S/C13H16N4O/c1-9-7-12(16-13(14)15-9)17(2)10-5-4-6-11(8-10)18-3/h4-8H,1-3H3,(H2,14,15,16). The van der Waals surface area contributed by atoms with Gasteiger partial charge in [0.15, 0.2) is 0 Å². The largest absolute Gasteiger partial charge is 0.497 e. The molecule has 0 radical (unpaired) electrons. The molecule has 0 atom stereocenters. The van der Waals surface area contributed by atoms with Gasteiger partial charge in [0.05, 0.1) is 7.11 Å². The molecular formula is C13H16N4O. The Labute approximate surface area is 106 Å². The van der Waals surface area contributed by atoms with E-state index in [9.17, 15) is 0 Å². The number of aromatic nitrogens is 2. The minimum Gasteiger partial charge on any atom is -0.497 e. The summed E-state index contributed by atoms with van der Waals surface area (Å²) in [5, 5.41) is 0. The number of rotatable bonds is 3. The van der Waals surface area contributed by atoms with Crippen molar-refractivity contribution in [3.63, 3.8) is 0 Å². The molecule has 0 aliphatic rings. The average molecular weight is 244 g/mol. The van der Waals surface area contributed by atoms with Gasteiger partial charge in [-0.05, 0) is 19.1 Å². The molecule has 0 fully saturated rings. The number of nitrogen functional groups attached to an aromatic ring is 1. The molecule has 94 valence electrons. The molecule has 0 saturated carbocycles. The zero-order valence-corrected chi connectivity index (χ0v) is 10.7. The lowest BCUT2D eigenvalue weighted by molar-refractivity contribution is 0.415. The number of nitrogens with two attached hydrogens (primary N) is 1. The molecule has 2 aromatic rings. The van der Waals surface area contributed by atoms with Crippen molar-refractivity contribution in [2.24, 2.45) is 0 Å². The van der Waals surface area contributed by atoms with Crippen LogP contribution in [0.25, 0.3) is 0 Å². The van der Waals surface area contributed by atoms with Crippen molar-refractivity contribution in [2.45, 2.75) is 6.92 Å². The van der Waals surface area contributed by atoms with Gasteiger partial charge in [-0.1, -0.05) is 6.07 Å². The van der Waals surface area contributed by atoms with Crippen LogP contribution in [0.3, 0.4) is 0 Å². The zero-order chi connectivity index (χ0) is 13.1. The number of nitrogens with zero attached hydrogens (tertiary/aromatic N) is 3. The third kappa shape index (κ3) is 2.51. The molecule has 0 amide bonds.